The summed E-state index contributed by atoms with van der Waals surface area (Å²) in [6.07, 6.45) is 5.51. The summed E-state index contributed by atoms with van der Waals surface area (Å²) in [5, 5.41) is 0. The van der Waals surface area contributed by atoms with Crippen molar-refractivity contribution in [1.29, 1.82) is 0 Å². The Kier molecular flexibility index (Phi) is 2.23. The van der Waals surface area contributed by atoms with Gasteiger partial charge >= 0.3 is 0 Å². The average molecular weight is 204 g/mol. The fourth-order valence-electron chi connectivity index (χ4n) is 1.68. The molecule has 0 amide bonds. The van der Waals surface area contributed by atoms with E-state index in [0.717, 1.165) is 17.0 Å². The molecule has 2 rings (SSSR count). The number of nitrogens with zero attached hydrogens (tertiary/aromatic N) is 3. The number of rotatable bonds is 1. The maximum Gasteiger partial charge on any atom is 0.119 e. The van der Waals surface area contributed by atoms with Crippen LogP contribution in [0.3, 0.4) is 0 Å². The first-order valence-electron chi connectivity index (χ1n) is 5.05. The van der Waals surface area contributed by atoms with Crippen molar-refractivity contribution in [2.75, 3.05) is 0 Å². The van der Waals surface area contributed by atoms with Gasteiger partial charge in [0.25, 0.3) is 0 Å². The van der Waals surface area contributed by atoms with Crippen LogP contribution in [0.5, 0.6) is 0 Å². The Morgan fingerprint density at radius 1 is 1.40 bits per heavy atom. The number of fused-ring (bicyclic) bond motifs is 1. The predicted octanol–water partition coefficient (Wildman–Crippen LogP) is 1.49. The van der Waals surface area contributed by atoms with Crippen LogP contribution < -0.4 is 5.73 Å². The number of imidazole rings is 1. The molecule has 2 N–H and O–H groups in total. The first kappa shape index (κ1) is 10.1. The topological polar surface area (TPSA) is 56.2 Å². The SMILES string of the molecule is CC(C)(C)c1nc(CN)c2cnccn12. The van der Waals surface area contributed by atoms with Crippen molar-refractivity contribution < 1.29 is 0 Å². The van der Waals surface area contributed by atoms with E-state index in [1.807, 2.05) is 12.4 Å². The maximum atomic E-state index is 5.67. The highest BCUT2D eigenvalue weighted by atomic mass is 15.1. The van der Waals surface area contributed by atoms with E-state index in [1.54, 1.807) is 6.20 Å². The second kappa shape index (κ2) is 3.31. The zero-order valence-electron chi connectivity index (χ0n) is 9.36. The molecule has 0 spiro atoms. The van der Waals surface area contributed by atoms with Crippen LogP contribution in [0.4, 0.5) is 0 Å². The highest BCUT2D eigenvalue weighted by molar-refractivity contribution is 5.51. The van der Waals surface area contributed by atoms with Gasteiger partial charge in [-0.3, -0.25) is 9.38 Å². The van der Waals surface area contributed by atoms with Gasteiger partial charge in [0.2, 0.25) is 0 Å². The zero-order chi connectivity index (χ0) is 11.1. The second-order valence-electron chi connectivity index (χ2n) is 4.67. The summed E-state index contributed by atoms with van der Waals surface area (Å²) in [5.41, 5.74) is 7.60. The summed E-state index contributed by atoms with van der Waals surface area (Å²) in [6.45, 7) is 6.87. The van der Waals surface area contributed by atoms with Crippen molar-refractivity contribution in [3.05, 3.63) is 30.1 Å². The average Bonchev–Trinajstić information content (AvgIpc) is 2.55. The van der Waals surface area contributed by atoms with Gasteiger partial charge in [0.15, 0.2) is 0 Å². The van der Waals surface area contributed by atoms with Crippen molar-refractivity contribution in [1.82, 2.24) is 14.4 Å². The van der Waals surface area contributed by atoms with Gasteiger partial charge in [-0.25, -0.2) is 4.98 Å². The van der Waals surface area contributed by atoms with Gasteiger partial charge in [-0.2, -0.15) is 0 Å². The standard InChI is InChI=1S/C11H16N4/c1-11(2,3)10-14-8(6-12)9-7-13-4-5-15(9)10/h4-5,7H,6,12H2,1-3H3. The monoisotopic (exact) mass is 204 g/mol. The molecule has 0 radical (unpaired) electrons. The first-order chi connectivity index (χ1) is 7.04. The van der Waals surface area contributed by atoms with Gasteiger partial charge in [-0.15, -0.1) is 0 Å². The van der Waals surface area contributed by atoms with Crippen LogP contribution in [0.25, 0.3) is 5.52 Å². The molecule has 0 saturated heterocycles. The molecule has 4 heteroatoms. The minimum atomic E-state index is 0.0116. The Labute approximate surface area is 89.2 Å². The van der Waals surface area contributed by atoms with E-state index >= 15 is 0 Å². The molecule has 0 unspecified atom stereocenters. The predicted molar refractivity (Wildman–Crippen MR) is 59.6 cm³/mol. The third-order valence-electron chi connectivity index (χ3n) is 2.39. The second-order valence-corrected chi connectivity index (χ2v) is 4.67. The number of hydrogen-bond acceptors (Lipinski definition) is 3. The highest BCUT2D eigenvalue weighted by Gasteiger charge is 2.21. The third kappa shape index (κ3) is 1.61. The summed E-state index contributed by atoms with van der Waals surface area (Å²) in [7, 11) is 0. The van der Waals surface area contributed by atoms with Crippen LogP contribution in [-0.4, -0.2) is 14.4 Å². The first-order valence-corrected chi connectivity index (χ1v) is 5.05. The van der Waals surface area contributed by atoms with E-state index < -0.39 is 0 Å². The van der Waals surface area contributed by atoms with Crippen molar-refractivity contribution >= 4 is 5.52 Å². The Balaban J connectivity index is 2.76. The number of nitrogens with two attached hydrogens (primary N) is 1. The minimum Gasteiger partial charge on any atom is -0.325 e. The quantitative estimate of drug-likeness (QED) is 0.765. The van der Waals surface area contributed by atoms with Gasteiger partial charge in [0, 0.05) is 24.4 Å². The molecule has 2 aromatic rings. The fraction of sp³-hybridized carbons (Fsp3) is 0.455. The van der Waals surface area contributed by atoms with Crippen molar-refractivity contribution in [2.24, 2.45) is 5.73 Å². The van der Waals surface area contributed by atoms with Gasteiger partial charge < -0.3 is 5.73 Å². The molecule has 2 aromatic heterocycles. The van der Waals surface area contributed by atoms with Crippen LogP contribution in [0.1, 0.15) is 32.3 Å². The van der Waals surface area contributed by atoms with Crippen molar-refractivity contribution in [3.8, 4) is 0 Å². The van der Waals surface area contributed by atoms with Gasteiger partial charge in [-0.05, 0) is 0 Å². The van der Waals surface area contributed by atoms with Crippen LogP contribution in [0.2, 0.25) is 0 Å². The molecular weight excluding hydrogens is 188 g/mol. The normalized spacial score (nSPS) is 12.3. The lowest BCUT2D eigenvalue weighted by atomic mass is 9.96. The molecule has 0 fully saturated rings. The van der Waals surface area contributed by atoms with E-state index in [1.165, 1.54) is 0 Å². The summed E-state index contributed by atoms with van der Waals surface area (Å²) in [5.74, 6) is 1.03. The highest BCUT2D eigenvalue weighted by Crippen LogP contribution is 2.23. The lowest BCUT2D eigenvalue weighted by molar-refractivity contribution is 0.541. The van der Waals surface area contributed by atoms with Crippen LogP contribution in [-0.2, 0) is 12.0 Å². The molecular formula is C11H16N4. The molecule has 0 atom stereocenters. The molecule has 0 bridgehead atoms. The molecule has 0 aliphatic heterocycles. The van der Waals surface area contributed by atoms with E-state index in [0.29, 0.717) is 6.54 Å². The van der Waals surface area contributed by atoms with Crippen molar-refractivity contribution in [2.45, 2.75) is 32.7 Å². The van der Waals surface area contributed by atoms with Crippen molar-refractivity contribution in [3.63, 3.8) is 0 Å². The maximum absolute atomic E-state index is 5.67. The Hall–Kier alpha value is -1.42. The Bertz CT molecular complexity index is 479. The lowest BCUT2D eigenvalue weighted by Gasteiger charge is -2.16. The van der Waals surface area contributed by atoms with Crippen LogP contribution >= 0.6 is 0 Å². The minimum absolute atomic E-state index is 0.0116. The van der Waals surface area contributed by atoms with E-state index in [2.05, 4.69) is 35.1 Å². The van der Waals surface area contributed by atoms with Gasteiger partial charge in [0.1, 0.15) is 5.82 Å². The summed E-state index contributed by atoms with van der Waals surface area (Å²) in [4.78, 5) is 8.68. The Morgan fingerprint density at radius 2 is 2.13 bits per heavy atom. The molecule has 4 nitrogen and oxygen atoms in total. The summed E-state index contributed by atoms with van der Waals surface area (Å²) in [6, 6.07) is 0. The third-order valence-corrected chi connectivity index (χ3v) is 2.39. The Morgan fingerprint density at radius 3 is 2.73 bits per heavy atom. The molecule has 0 saturated carbocycles. The van der Waals surface area contributed by atoms with E-state index in [-0.39, 0.29) is 5.41 Å². The lowest BCUT2D eigenvalue weighted by Crippen LogP contribution is -2.15. The molecule has 2 heterocycles. The zero-order valence-corrected chi connectivity index (χ0v) is 9.36. The van der Waals surface area contributed by atoms with Gasteiger partial charge in [0.05, 0.1) is 17.4 Å². The van der Waals surface area contributed by atoms with Crippen LogP contribution in [0.15, 0.2) is 18.6 Å². The molecule has 0 aliphatic carbocycles. The molecule has 15 heavy (non-hydrogen) atoms. The summed E-state index contributed by atoms with van der Waals surface area (Å²) < 4.78 is 2.06. The number of aromatic nitrogens is 3. The molecule has 80 valence electrons. The van der Waals surface area contributed by atoms with Crippen LogP contribution in [0, 0.1) is 0 Å². The summed E-state index contributed by atoms with van der Waals surface area (Å²) >= 11 is 0. The molecule has 0 aromatic carbocycles. The fourth-order valence-corrected chi connectivity index (χ4v) is 1.68. The largest absolute Gasteiger partial charge is 0.325 e. The molecule has 0 aliphatic rings. The number of hydrogen-bond donors (Lipinski definition) is 1. The van der Waals surface area contributed by atoms with Gasteiger partial charge in [-0.1, -0.05) is 20.8 Å². The van der Waals surface area contributed by atoms with E-state index in [9.17, 15) is 0 Å². The smallest absolute Gasteiger partial charge is 0.119 e. The van der Waals surface area contributed by atoms with E-state index in [4.69, 9.17) is 5.73 Å².